The predicted molar refractivity (Wildman–Crippen MR) is 112 cm³/mol. The quantitative estimate of drug-likeness (QED) is 0.680. The number of anilines is 1. The Morgan fingerprint density at radius 3 is 2.37 bits per heavy atom. The van der Waals surface area contributed by atoms with Crippen LogP contribution in [0.4, 0.5) is 5.82 Å². The van der Waals surface area contributed by atoms with Gasteiger partial charge in [-0.05, 0) is 23.8 Å². The van der Waals surface area contributed by atoms with Gasteiger partial charge in [-0.25, -0.2) is 15.0 Å². The topological polar surface area (TPSA) is 110 Å². The van der Waals surface area contributed by atoms with E-state index in [2.05, 4.69) is 24.8 Å². The number of aromatic nitrogens is 4. The second-order valence-corrected chi connectivity index (χ2v) is 7.05. The highest BCUT2D eigenvalue weighted by Gasteiger charge is 2.23. The van der Waals surface area contributed by atoms with Crippen LogP contribution in [0.25, 0.3) is 11.1 Å². The molecule has 4 heterocycles. The number of piperazine rings is 1. The van der Waals surface area contributed by atoms with Crippen molar-refractivity contribution in [1.29, 1.82) is 0 Å². The van der Waals surface area contributed by atoms with Gasteiger partial charge in [0.2, 0.25) is 0 Å². The third-order valence-corrected chi connectivity index (χ3v) is 5.04. The molecule has 1 aliphatic rings. The van der Waals surface area contributed by atoms with Crippen molar-refractivity contribution in [3.8, 4) is 17.1 Å². The smallest absolute Gasteiger partial charge is 0.316 e. The first-order valence-corrected chi connectivity index (χ1v) is 9.67. The van der Waals surface area contributed by atoms with E-state index >= 15 is 0 Å². The number of pyridine rings is 2. The minimum Gasteiger partial charge on any atom is -0.467 e. The highest BCUT2D eigenvalue weighted by atomic mass is 16.5. The maximum Gasteiger partial charge on any atom is 0.316 e. The summed E-state index contributed by atoms with van der Waals surface area (Å²) in [4.78, 5) is 33.5. The third-order valence-electron chi connectivity index (χ3n) is 5.04. The number of hydrogen-bond donors (Lipinski definition) is 1. The molecule has 3 aromatic heterocycles. The number of carbonyl (C=O) groups is 1. The molecule has 0 radical (unpaired) electrons. The number of nitrogens with zero attached hydrogens (tertiary/aromatic N) is 6. The van der Waals surface area contributed by atoms with Crippen molar-refractivity contribution < 1.29 is 9.53 Å². The number of carbonyl (C=O) groups excluding carboxylic acids is 1. The molecule has 0 spiro atoms. The molecule has 1 saturated heterocycles. The summed E-state index contributed by atoms with van der Waals surface area (Å²) in [6.07, 6.45) is 6.72. The summed E-state index contributed by atoms with van der Waals surface area (Å²) in [6, 6.07) is 7.76. The Labute approximate surface area is 174 Å². The molecule has 1 fully saturated rings. The van der Waals surface area contributed by atoms with Crippen LogP contribution in [0.5, 0.6) is 6.01 Å². The van der Waals surface area contributed by atoms with Crippen LogP contribution in [-0.2, 0) is 6.54 Å². The summed E-state index contributed by atoms with van der Waals surface area (Å²) in [6.45, 7) is 3.72. The molecule has 9 nitrogen and oxygen atoms in total. The fraction of sp³-hybridized carbons (Fsp3) is 0.286. The first-order chi connectivity index (χ1) is 14.6. The Hall–Kier alpha value is -3.59. The zero-order chi connectivity index (χ0) is 20.9. The van der Waals surface area contributed by atoms with E-state index in [1.165, 1.54) is 7.11 Å². The molecular weight excluding hydrogens is 382 g/mol. The van der Waals surface area contributed by atoms with Crippen molar-refractivity contribution in [2.24, 2.45) is 0 Å². The van der Waals surface area contributed by atoms with E-state index in [4.69, 9.17) is 10.5 Å². The summed E-state index contributed by atoms with van der Waals surface area (Å²) in [5, 5.41) is 0. The van der Waals surface area contributed by atoms with E-state index in [0.717, 1.165) is 36.3 Å². The van der Waals surface area contributed by atoms with Gasteiger partial charge in [0.15, 0.2) is 0 Å². The van der Waals surface area contributed by atoms with Crippen LogP contribution in [0, 0.1) is 0 Å². The summed E-state index contributed by atoms with van der Waals surface area (Å²) in [7, 11) is 1.52. The van der Waals surface area contributed by atoms with Crippen LogP contribution < -0.4 is 10.5 Å². The molecule has 3 aromatic rings. The van der Waals surface area contributed by atoms with Gasteiger partial charge in [0.1, 0.15) is 11.5 Å². The van der Waals surface area contributed by atoms with Crippen molar-refractivity contribution in [3.05, 3.63) is 60.3 Å². The first-order valence-electron chi connectivity index (χ1n) is 9.67. The second kappa shape index (κ2) is 8.83. The SMILES string of the molecule is COc1ncc(-c2ccc(C(=O)N3CCN(Cc4ccnc(N)c4)CC3)nc2)cn1. The van der Waals surface area contributed by atoms with Gasteiger partial charge < -0.3 is 15.4 Å². The van der Waals surface area contributed by atoms with Gasteiger partial charge in [0.05, 0.1) is 7.11 Å². The summed E-state index contributed by atoms with van der Waals surface area (Å²) in [5.41, 5.74) is 8.97. The first kappa shape index (κ1) is 19.7. The maximum absolute atomic E-state index is 12.8. The largest absolute Gasteiger partial charge is 0.467 e. The number of nitrogens with two attached hydrogens (primary N) is 1. The Bertz CT molecular complexity index is 1000. The standard InChI is InChI=1S/C21H23N7O2/c1-30-21-25-12-17(13-26-21)16-2-3-18(24-11-16)20(29)28-8-6-27(7-9-28)14-15-4-5-23-19(22)10-15/h2-5,10-13H,6-9,14H2,1H3,(H2,22,23). The van der Waals surface area contributed by atoms with Crippen molar-refractivity contribution >= 4 is 11.7 Å². The second-order valence-electron chi connectivity index (χ2n) is 7.05. The summed E-state index contributed by atoms with van der Waals surface area (Å²) < 4.78 is 4.97. The van der Waals surface area contributed by atoms with Crippen LogP contribution >= 0.6 is 0 Å². The molecule has 0 atom stereocenters. The zero-order valence-corrected chi connectivity index (χ0v) is 16.7. The van der Waals surface area contributed by atoms with Gasteiger partial charge in [0, 0.05) is 68.6 Å². The molecule has 1 aliphatic heterocycles. The molecule has 2 N–H and O–H groups in total. The predicted octanol–water partition coefficient (Wildman–Crippen LogP) is 1.48. The molecule has 30 heavy (non-hydrogen) atoms. The molecule has 9 heteroatoms. The Morgan fingerprint density at radius 1 is 1.00 bits per heavy atom. The van der Waals surface area contributed by atoms with Gasteiger partial charge in [-0.3, -0.25) is 14.7 Å². The molecule has 0 aliphatic carbocycles. The number of ether oxygens (including phenoxy) is 1. The summed E-state index contributed by atoms with van der Waals surface area (Å²) in [5.74, 6) is 0.470. The Balaban J connectivity index is 1.34. The average Bonchev–Trinajstić information content (AvgIpc) is 2.79. The van der Waals surface area contributed by atoms with Gasteiger partial charge in [-0.2, -0.15) is 0 Å². The molecule has 0 saturated carbocycles. The number of amides is 1. The number of nitrogen functional groups attached to an aromatic ring is 1. The summed E-state index contributed by atoms with van der Waals surface area (Å²) >= 11 is 0. The van der Waals surface area contributed by atoms with E-state index < -0.39 is 0 Å². The van der Waals surface area contributed by atoms with Gasteiger partial charge >= 0.3 is 6.01 Å². The fourth-order valence-corrected chi connectivity index (χ4v) is 3.38. The van der Waals surface area contributed by atoms with E-state index in [-0.39, 0.29) is 5.91 Å². The number of methoxy groups -OCH3 is 1. The minimum absolute atomic E-state index is 0.0552. The molecule has 0 unspecified atom stereocenters. The van der Waals surface area contributed by atoms with E-state index in [1.54, 1.807) is 30.9 Å². The van der Waals surface area contributed by atoms with E-state index in [0.29, 0.717) is 30.6 Å². The lowest BCUT2D eigenvalue weighted by atomic mass is 10.1. The fourth-order valence-electron chi connectivity index (χ4n) is 3.38. The molecule has 154 valence electrons. The molecule has 0 aromatic carbocycles. The lowest BCUT2D eigenvalue weighted by molar-refractivity contribution is 0.0623. The highest BCUT2D eigenvalue weighted by molar-refractivity contribution is 5.92. The van der Waals surface area contributed by atoms with Gasteiger partial charge in [-0.15, -0.1) is 0 Å². The normalized spacial score (nSPS) is 14.5. The maximum atomic E-state index is 12.8. The molecule has 4 rings (SSSR count). The van der Waals surface area contributed by atoms with Crippen LogP contribution in [0.3, 0.4) is 0 Å². The van der Waals surface area contributed by atoms with Crippen molar-refractivity contribution in [1.82, 2.24) is 29.7 Å². The van der Waals surface area contributed by atoms with Crippen molar-refractivity contribution in [2.75, 3.05) is 39.0 Å². The van der Waals surface area contributed by atoms with Crippen LogP contribution in [0.15, 0.2) is 49.1 Å². The van der Waals surface area contributed by atoms with Gasteiger partial charge in [-0.1, -0.05) is 6.07 Å². The van der Waals surface area contributed by atoms with E-state index in [9.17, 15) is 4.79 Å². The lowest BCUT2D eigenvalue weighted by Gasteiger charge is -2.34. The highest BCUT2D eigenvalue weighted by Crippen LogP contribution is 2.19. The van der Waals surface area contributed by atoms with Gasteiger partial charge in [0.25, 0.3) is 5.91 Å². The average molecular weight is 405 g/mol. The molecule has 0 bridgehead atoms. The number of hydrogen-bond acceptors (Lipinski definition) is 8. The van der Waals surface area contributed by atoms with Crippen molar-refractivity contribution in [3.63, 3.8) is 0 Å². The molecule has 1 amide bonds. The van der Waals surface area contributed by atoms with E-state index in [1.807, 2.05) is 23.1 Å². The lowest BCUT2D eigenvalue weighted by Crippen LogP contribution is -2.48. The third kappa shape index (κ3) is 4.52. The number of rotatable bonds is 5. The minimum atomic E-state index is -0.0552. The van der Waals surface area contributed by atoms with Crippen molar-refractivity contribution in [2.45, 2.75) is 6.54 Å². The van der Waals surface area contributed by atoms with Crippen LogP contribution in [-0.4, -0.2) is 68.9 Å². The Morgan fingerprint density at radius 2 is 1.73 bits per heavy atom. The molecular formula is C21H23N7O2. The zero-order valence-electron chi connectivity index (χ0n) is 16.7. The Kier molecular flexibility index (Phi) is 5.80. The van der Waals surface area contributed by atoms with Crippen LogP contribution in [0.2, 0.25) is 0 Å². The van der Waals surface area contributed by atoms with Crippen LogP contribution in [0.1, 0.15) is 16.1 Å². The monoisotopic (exact) mass is 405 g/mol.